The predicted molar refractivity (Wildman–Crippen MR) is 226 cm³/mol. The number of likely N-dealkylation sites (tertiary alicyclic amines) is 1. The molecule has 2 aliphatic rings. The van der Waals surface area contributed by atoms with Gasteiger partial charge in [0.25, 0.3) is 5.91 Å². The van der Waals surface area contributed by atoms with Crippen LogP contribution in [-0.4, -0.2) is 70.5 Å². The van der Waals surface area contributed by atoms with E-state index in [2.05, 4.69) is 25.3 Å². The molecule has 0 radical (unpaired) electrons. The van der Waals surface area contributed by atoms with Crippen LogP contribution in [-0.2, 0) is 50.2 Å². The second-order valence-electron chi connectivity index (χ2n) is 13.6. The molecule has 0 aliphatic carbocycles. The lowest BCUT2D eigenvalue weighted by molar-refractivity contribution is -0.141. The molecule has 0 spiro atoms. The summed E-state index contributed by atoms with van der Waals surface area (Å²) < 4.78 is 11.2. The standard InChI is InChI=1S/C29H28Cl2N4O4S.C11H16N2O2S.CH4/c1-34-16-20(19-6-3-4-7-24(19)34)28(38)33-23-14-21(30)17(12-22(23)31)13-26(36)35-11-5-8-25(35)29-32-15-18(40-29)9-10-27(37)39-2;1-15-10(14)5-4-8-7-13-11(16-8)9-3-2-6-12-9;/h3-4,6-7,12,14-16,25H,5,8-11,13H2,1-2H3,(H,33,38);7,9,12H,2-6H2,1H3;1H4/t25-;9-;/m00./s1. The average molecular weight is 856 g/mol. The number of rotatable bonds is 12. The molecular weight excluding hydrogens is 808 g/mol. The maximum absolute atomic E-state index is 13.4. The minimum Gasteiger partial charge on any atom is -0.469 e. The number of anilines is 1. The smallest absolute Gasteiger partial charge is 0.305 e. The number of hydrogen-bond donors (Lipinski definition) is 2. The average Bonchev–Trinajstić information content (AvgIpc) is 4.05. The lowest BCUT2D eigenvalue weighted by Gasteiger charge is -2.23. The highest BCUT2D eigenvalue weighted by atomic mass is 35.5. The normalized spacial score (nSPS) is 16.1. The summed E-state index contributed by atoms with van der Waals surface area (Å²) in [5.41, 5.74) is 2.44. The number of para-hydroxylation sites is 1. The number of aryl methyl sites for hydroxylation is 3. The largest absolute Gasteiger partial charge is 0.469 e. The van der Waals surface area contributed by atoms with Crippen molar-refractivity contribution in [2.45, 2.75) is 77.3 Å². The van der Waals surface area contributed by atoms with Gasteiger partial charge < -0.3 is 29.6 Å². The Kier molecular flexibility index (Phi) is 15.7. The van der Waals surface area contributed by atoms with Crippen LogP contribution in [0.2, 0.25) is 10.0 Å². The van der Waals surface area contributed by atoms with Gasteiger partial charge in [-0.25, -0.2) is 9.97 Å². The molecular formula is C41H48Cl2N6O6S2. The molecule has 304 valence electrons. The first-order valence-electron chi connectivity index (χ1n) is 18.4. The molecule has 2 aliphatic heterocycles. The Hall–Kier alpha value is -4.34. The van der Waals surface area contributed by atoms with Gasteiger partial charge in [-0.1, -0.05) is 48.8 Å². The number of amides is 2. The Morgan fingerprint density at radius 3 is 2.25 bits per heavy atom. The quantitative estimate of drug-likeness (QED) is 0.118. The Morgan fingerprint density at radius 2 is 1.58 bits per heavy atom. The first kappa shape index (κ1) is 43.8. The molecule has 7 rings (SSSR count). The van der Waals surface area contributed by atoms with Crippen molar-refractivity contribution in [1.29, 1.82) is 0 Å². The van der Waals surface area contributed by atoms with Gasteiger partial charge in [0.05, 0.1) is 61.8 Å². The summed E-state index contributed by atoms with van der Waals surface area (Å²) in [5.74, 6) is -0.788. The number of nitrogens with zero attached hydrogens (tertiary/aromatic N) is 4. The fourth-order valence-corrected chi connectivity index (χ4v) is 9.42. The van der Waals surface area contributed by atoms with Crippen molar-refractivity contribution >= 4 is 86.2 Å². The maximum Gasteiger partial charge on any atom is 0.305 e. The van der Waals surface area contributed by atoms with E-state index in [1.807, 2.05) is 47.0 Å². The van der Waals surface area contributed by atoms with Gasteiger partial charge in [0.15, 0.2) is 0 Å². The number of hydrogen-bond acceptors (Lipinski definition) is 11. The van der Waals surface area contributed by atoms with Crippen LogP contribution in [0.25, 0.3) is 10.9 Å². The summed E-state index contributed by atoms with van der Waals surface area (Å²) in [7, 11) is 4.68. The fraction of sp³-hybridized carbons (Fsp3) is 0.415. The molecule has 5 heterocycles. The summed E-state index contributed by atoms with van der Waals surface area (Å²) in [4.78, 5) is 61.8. The predicted octanol–water partition coefficient (Wildman–Crippen LogP) is 8.52. The first-order valence-corrected chi connectivity index (χ1v) is 20.8. The molecule has 57 heavy (non-hydrogen) atoms. The van der Waals surface area contributed by atoms with E-state index in [0.29, 0.717) is 58.7 Å². The number of carbonyl (C=O) groups is 4. The Labute approximate surface area is 350 Å². The van der Waals surface area contributed by atoms with Crippen LogP contribution in [0.5, 0.6) is 0 Å². The Bertz CT molecular complexity index is 2200. The molecule has 2 atom stereocenters. The zero-order valence-corrected chi connectivity index (χ0v) is 34.6. The number of carbonyl (C=O) groups excluding carboxylic acids is 4. The molecule has 2 fully saturated rings. The Balaban J connectivity index is 0.000000305. The summed E-state index contributed by atoms with van der Waals surface area (Å²) in [6.07, 6.45) is 11.6. The van der Waals surface area contributed by atoms with Gasteiger partial charge in [-0.3, -0.25) is 19.2 Å². The van der Waals surface area contributed by atoms with Crippen LogP contribution in [0.15, 0.2) is 55.0 Å². The van der Waals surface area contributed by atoms with E-state index in [1.165, 1.54) is 38.4 Å². The van der Waals surface area contributed by atoms with E-state index in [0.717, 1.165) is 56.5 Å². The highest BCUT2D eigenvalue weighted by molar-refractivity contribution is 7.12. The fourth-order valence-electron chi connectivity index (χ4n) is 6.86. The second kappa shape index (κ2) is 20.4. The molecule has 0 unspecified atom stereocenters. The number of esters is 2. The zero-order chi connectivity index (χ0) is 39.8. The third kappa shape index (κ3) is 11.0. The highest BCUT2D eigenvalue weighted by Crippen LogP contribution is 2.37. The number of fused-ring (bicyclic) bond motifs is 1. The number of aromatic nitrogens is 3. The van der Waals surface area contributed by atoms with E-state index in [-0.39, 0.29) is 43.6 Å². The molecule has 12 nitrogen and oxygen atoms in total. The van der Waals surface area contributed by atoms with Crippen LogP contribution in [0.1, 0.15) is 93.7 Å². The highest BCUT2D eigenvalue weighted by Gasteiger charge is 2.32. The molecule has 0 bridgehead atoms. The summed E-state index contributed by atoms with van der Waals surface area (Å²) in [6, 6.07) is 11.2. The van der Waals surface area contributed by atoms with E-state index in [1.54, 1.807) is 35.9 Å². The molecule has 3 aromatic heterocycles. The lowest BCUT2D eigenvalue weighted by Crippen LogP contribution is -2.31. The molecule has 5 aromatic rings. The number of halogens is 2. The van der Waals surface area contributed by atoms with Crippen LogP contribution in [0, 0.1) is 0 Å². The topological polar surface area (TPSA) is 145 Å². The molecule has 2 aromatic carbocycles. The van der Waals surface area contributed by atoms with Crippen molar-refractivity contribution in [2.24, 2.45) is 7.05 Å². The van der Waals surface area contributed by atoms with Crippen molar-refractivity contribution in [3.63, 3.8) is 0 Å². The van der Waals surface area contributed by atoms with Crippen LogP contribution in [0.4, 0.5) is 5.69 Å². The third-order valence-corrected chi connectivity index (χ3v) is 12.8. The number of methoxy groups -OCH3 is 2. The number of nitrogens with one attached hydrogen (secondary N) is 2. The summed E-state index contributed by atoms with van der Waals surface area (Å²) >= 11 is 16.3. The van der Waals surface area contributed by atoms with Gasteiger partial charge >= 0.3 is 11.9 Å². The molecule has 2 amide bonds. The van der Waals surface area contributed by atoms with Crippen molar-refractivity contribution in [2.75, 3.05) is 32.6 Å². The van der Waals surface area contributed by atoms with Gasteiger partial charge in [0, 0.05) is 57.9 Å². The Morgan fingerprint density at radius 1 is 0.912 bits per heavy atom. The second-order valence-corrected chi connectivity index (χ2v) is 16.7. The summed E-state index contributed by atoms with van der Waals surface area (Å²) in [6.45, 7) is 1.72. The van der Waals surface area contributed by atoms with Crippen molar-refractivity contribution in [1.82, 2.24) is 24.8 Å². The zero-order valence-electron chi connectivity index (χ0n) is 31.4. The van der Waals surface area contributed by atoms with Gasteiger partial charge in [0.1, 0.15) is 10.0 Å². The summed E-state index contributed by atoms with van der Waals surface area (Å²) in [5, 5.41) is 9.78. The molecule has 2 saturated heterocycles. The third-order valence-electron chi connectivity index (χ3n) is 9.83. The van der Waals surface area contributed by atoms with Gasteiger partial charge in [-0.2, -0.15) is 0 Å². The van der Waals surface area contributed by atoms with Crippen LogP contribution >= 0.6 is 45.9 Å². The van der Waals surface area contributed by atoms with Gasteiger partial charge in [0.2, 0.25) is 5.91 Å². The van der Waals surface area contributed by atoms with Crippen LogP contribution < -0.4 is 10.6 Å². The van der Waals surface area contributed by atoms with Gasteiger partial charge in [-0.05, 0) is 68.8 Å². The SMILES string of the molecule is C.COC(=O)CCc1cnc([C@@H]2CCCN2)s1.COC(=O)CCc1cnc([C@@H]2CCCN2C(=O)Cc2cc(Cl)c(NC(=O)c3cn(C)c4ccccc34)cc2Cl)s1. The first-order chi connectivity index (χ1) is 27.0. The molecule has 2 N–H and O–H groups in total. The van der Waals surface area contributed by atoms with Crippen molar-refractivity contribution < 1.29 is 28.7 Å². The minimum atomic E-state index is -0.298. The monoisotopic (exact) mass is 854 g/mol. The minimum absolute atomic E-state index is 0. The van der Waals surface area contributed by atoms with E-state index >= 15 is 0 Å². The molecule has 16 heteroatoms. The van der Waals surface area contributed by atoms with E-state index in [4.69, 9.17) is 27.9 Å². The number of thiazole rings is 2. The van der Waals surface area contributed by atoms with Crippen LogP contribution in [0.3, 0.4) is 0 Å². The van der Waals surface area contributed by atoms with E-state index < -0.39 is 0 Å². The lowest BCUT2D eigenvalue weighted by atomic mass is 10.1. The van der Waals surface area contributed by atoms with E-state index in [9.17, 15) is 19.2 Å². The number of benzene rings is 2. The van der Waals surface area contributed by atoms with Gasteiger partial charge in [-0.15, -0.1) is 22.7 Å². The molecule has 0 saturated carbocycles. The van der Waals surface area contributed by atoms with Crippen molar-refractivity contribution in [3.8, 4) is 0 Å². The maximum atomic E-state index is 13.4. The van der Waals surface area contributed by atoms with Crippen molar-refractivity contribution in [3.05, 3.63) is 95.9 Å². The number of ether oxygens (including phenoxy) is 2.